The minimum absolute atomic E-state index is 0.0113. The minimum Gasteiger partial charge on any atom is -0.494 e. The van der Waals surface area contributed by atoms with Crippen molar-refractivity contribution < 1.29 is 9.53 Å². The summed E-state index contributed by atoms with van der Waals surface area (Å²) in [6.07, 6.45) is 0.823. The van der Waals surface area contributed by atoms with Gasteiger partial charge in [0.25, 0.3) is 0 Å². The van der Waals surface area contributed by atoms with Gasteiger partial charge in [0.05, 0.1) is 24.2 Å². The first-order valence-corrected chi connectivity index (χ1v) is 9.83. The lowest BCUT2D eigenvalue weighted by Gasteiger charge is -2.18. The molecule has 148 valence electrons. The van der Waals surface area contributed by atoms with Crippen LogP contribution in [0.4, 0.5) is 0 Å². The molecule has 3 rings (SSSR count). The molecule has 1 heterocycles. The maximum absolute atomic E-state index is 12.2. The highest BCUT2D eigenvalue weighted by atomic mass is 35.5. The quantitative estimate of drug-likeness (QED) is 0.579. The van der Waals surface area contributed by atoms with E-state index in [0.717, 1.165) is 35.6 Å². The molecule has 0 aliphatic heterocycles. The Morgan fingerprint density at radius 2 is 1.86 bits per heavy atom. The lowest BCUT2D eigenvalue weighted by molar-refractivity contribution is -0.128. The summed E-state index contributed by atoms with van der Waals surface area (Å²) in [7, 11) is 0. The molecule has 0 radical (unpaired) electrons. The second kappa shape index (κ2) is 8.65. The first-order chi connectivity index (χ1) is 13.3. The van der Waals surface area contributed by atoms with E-state index in [1.807, 2.05) is 63.2 Å². The normalized spacial score (nSPS) is 11.6. The molecule has 0 aliphatic rings. The molecule has 3 aromatic rings. The molecule has 0 aliphatic carbocycles. The van der Waals surface area contributed by atoms with E-state index in [2.05, 4.69) is 16.0 Å². The van der Waals surface area contributed by atoms with Gasteiger partial charge in [0, 0.05) is 17.0 Å². The SMILES string of the molecule is CC(C)(C)C(=O)NCc1nc2ccccc2n1CCCOc1ccc(Cl)cc1. The Labute approximate surface area is 170 Å². The van der Waals surface area contributed by atoms with E-state index in [-0.39, 0.29) is 5.91 Å². The van der Waals surface area contributed by atoms with Gasteiger partial charge in [0.15, 0.2) is 0 Å². The smallest absolute Gasteiger partial charge is 0.225 e. The maximum atomic E-state index is 12.2. The zero-order chi connectivity index (χ0) is 20.1. The number of para-hydroxylation sites is 2. The fourth-order valence-corrected chi connectivity index (χ4v) is 3.00. The number of benzene rings is 2. The van der Waals surface area contributed by atoms with Crippen molar-refractivity contribution in [2.45, 2.75) is 40.3 Å². The van der Waals surface area contributed by atoms with Gasteiger partial charge >= 0.3 is 0 Å². The van der Waals surface area contributed by atoms with Crippen molar-refractivity contribution in [2.24, 2.45) is 5.41 Å². The van der Waals surface area contributed by atoms with E-state index < -0.39 is 5.41 Å². The summed E-state index contributed by atoms with van der Waals surface area (Å²) < 4.78 is 7.95. The number of hydrogen-bond donors (Lipinski definition) is 1. The van der Waals surface area contributed by atoms with E-state index in [1.54, 1.807) is 0 Å². The Morgan fingerprint density at radius 1 is 1.14 bits per heavy atom. The van der Waals surface area contributed by atoms with Gasteiger partial charge in [-0.25, -0.2) is 4.98 Å². The lowest BCUT2D eigenvalue weighted by Crippen LogP contribution is -2.35. The Hall–Kier alpha value is -2.53. The summed E-state index contributed by atoms with van der Waals surface area (Å²) in [4.78, 5) is 16.9. The van der Waals surface area contributed by atoms with Crippen LogP contribution in [0.2, 0.25) is 5.02 Å². The Balaban J connectivity index is 1.66. The number of fused-ring (bicyclic) bond motifs is 1. The number of aryl methyl sites for hydroxylation is 1. The third-order valence-corrected chi connectivity index (χ3v) is 4.68. The summed E-state index contributed by atoms with van der Waals surface area (Å²) in [5, 5.41) is 3.69. The van der Waals surface area contributed by atoms with Crippen LogP contribution in [0.15, 0.2) is 48.5 Å². The number of ether oxygens (including phenoxy) is 1. The van der Waals surface area contributed by atoms with Crippen LogP contribution in [-0.2, 0) is 17.9 Å². The number of rotatable bonds is 7. The molecule has 0 bridgehead atoms. The predicted octanol–water partition coefficient (Wildman–Crippen LogP) is 4.82. The molecular formula is C22H26ClN3O2. The second-order valence-electron chi connectivity index (χ2n) is 7.76. The van der Waals surface area contributed by atoms with Crippen molar-refractivity contribution in [2.75, 3.05) is 6.61 Å². The van der Waals surface area contributed by atoms with Gasteiger partial charge in [-0.2, -0.15) is 0 Å². The number of halogens is 1. The Morgan fingerprint density at radius 3 is 2.57 bits per heavy atom. The molecule has 28 heavy (non-hydrogen) atoms. The number of carbonyl (C=O) groups is 1. The van der Waals surface area contributed by atoms with E-state index in [9.17, 15) is 4.79 Å². The Kier molecular flexibility index (Phi) is 6.25. The predicted molar refractivity (Wildman–Crippen MR) is 113 cm³/mol. The van der Waals surface area contributed by atoms with Gasteiger partial charge < -0.3 is 14.6 Å². The monoisotopic (exact) mass is 399 g/mol. The van der Waals surface area contributed by atoms with Crippen LogP contribution in [0.3, 0.4) is 0 Å². The average molecular weight is 400 g/mol. The van der Waals surface area contributed by atoms with Crippen molar-refractivity contribution in [3.63, 3.8) is 0 Å². The maximum Gasteiger partial charge on any atom is 0.225 e. The second-order valence-corrected chi connectivity index (χ2v) is 8.19. The number of hydrogen-bond acceptors (Lipinski definition) is 3. The van der Waals surface area contributed by atoms with Crippen LogP contribution in [-0.4, -0.2) is 22.1 Å². The highest BCUT2D eigenvalue weighted by molar-refractivity contribution is 6.30. The van der Waals surface area contributed by atoms with Crippen molar-refractivity contribution in [1.29, 1.82) is 0 Å². The summed E-state index contributed by atoms with van der Waals surface area (Å²) >= 11 is 5.90. The van der Waals surface area contributed by atoms with Gasteiger partial charge in [-0.3, -0.25) is 4.79 Å². The summed E-state index contributed by atoms with van der Waals surface area (Å²) in [5.74, 6) is 1.67. The van der Waals surface area contributed by atoms with Gasteiger partial charge in [-0.15, -0.1) is 0 Å². The van der Waals surface area contributed by atoms with Gasteiger partial charge in [-0.1, -0.05) is 44.5 Å². The molecule has 0 saturated carbocycles. The van der Waals surface area contributed by atoms with Crippen LogP contribution in [0.5, 0.6) is 5.75 Å². The van der Waals surface area contributed by atoms with Crippen molar-refractivity contribution in [3.8, 4) is 5.75 Å². The molecule has 5 nitrogen and oxygen atoms in total. The summed E-state index contributed by atoms with van der Waals surface area (Å²) in [5.41, 5.74) is 1.57. The molecule has 0 atom stereocenters. The zero-order valence-corrected chi connectivity index (χ0v) is 17.3. The minimum atomic E-state index is -0.427. The number of amides is 1. The molecule has 0 unspecified atom stereocenters. The molecular weight excluding hydrogens is 374 g/mol. The average Bonchev–Trinajstić information content (AvgIpc) is 3.01. The number of carbonyl (C=O) groups excluding carboxylic acids is 1. The zero-order valence-electron chi connectivity index (χ0n) is 16.5. The van der Waals surface area contributed by atoms with E-state index in [0.29, 0.717) is 18.2 Å². The van der Waals surface area contributed by atoms with E-state index in [4.69, 9.17) is 21.3 Å². The van der Waals surface area contributed by atoms with Crippen LogP contribution in [0.25, 0.3) is 11.0 Å². The highest BCUT2D eigenvalue weighted by Gasteiger charge is 2.21. The third-order valence-electron chi connectivity index (χ3n) is 4.43. The largest absolute Gasteiger partial charge is 0.494 e. The first-order valence-electron chi connectivity index (χ1n) is 9.45. The fraction of sp³-hybridized carbons (Fsp3) is 0.364. The number of imidazole rings is 1. The van der Waals surface area contributed by atoms with E-state index >= 15 is 0 Å². The lowest BCUT2D eigenvalue weighted by atomic mass is 9.96. The van der Waals surface area contributed by atoms with Gasteiger partial charge in [0.1, 0.15) is 11.6 Å². The van der Waals surface area contributed by atoms with Crippen LogP contribution in [0, 0.1) is 5.41 Å². The molecule has 0 fully saturated rings. The molecule has 1 aromatic heterocycles. The number of nitrogens with zero attached hydrogens (tertiary/aromatic N) is 2. The van der Waals surface area contributed by atoms with Crippen molar-refractivity contribution in [1.82, 2.24) is 14.9 Å². The van der Waals surface area contributed by atoms with Crippen molar-refractivity contribution >= 4 is 28.5 Å². The molecule has 0 saturated heterocycles. The molecule has 2 aromatic carbocycles. The first kappa shape index (κ1) is 20.2. The standard InChI is InChI=1S/C22H26ClN3O2/c1-22(2,3)21(27)24-15-20-25-18-7-4-5-8-19(18)26(20)13-6-14-28-17-11-9-16(23)10-12-17/h4-5,7-12H,6,13-15H2,1-3H3,(H,24,27). The molecule has 1 amide bonds. The topological polar surface area (TPSA) is 56.2 Å². The molecule has 6 heteroatoms. The number of aromatic nitrogens is 2. The summed E-state index contributed by atoms with van der Waals surface area (Å²) in [6, 6.07) is 15.4. The highest BCUT2D eigenvalue weighted by Crippen LogP contribution is 2.19. The summed E-state index contributed by atoms with van der Waals surface area (Å²) in [6.45, 7) is 7.46. The Bertz CT molecular complexity index is 943. The molecule has 0 spiro atoms. The van der Waals surface area contributed by atoms with E-state index in [1.165, 1.54) is 0 Å². The van der Waals surface area contributed by atoms with Gasteiger partial charge in [-0.05, 0) is 42.8 Å². The van der Waals surface area contributed by atoms with Crippen LogP contribution in [0.1, 0.15) is 33.0 Å². The van der Waals surface area contributed by atoms with Gasteiger partial charge in [0.2, 0.25) is 5.91 Å². The number of nitrogens with one attached hydrogen (secondary N) is 1. The van der Waals surface area contributed by atoms with Crippen molar-refractivity contribution in [3.05, 3.63) is 59.4 Å². The van der Waals surface area contributed by atoms with Crippen LogP contribution < -0.4 is 10.1 Å². The molecule has 1 N–H and O–H groups in total. The van der Waals surface area contributed by atoms with Crippen LogP contribution >= 0.6 is 11.6 Å². The third kappa shape index (κ3) is 5.04. The fourth-order valence-electron chi connectivity index (χ4n) is 2.88.